The molecule has 4 rings (SSSR count). The third kappa shape index (κ3) is 3.92. The van der Waals surface area contributed by atoms with Crippen molar-refractivity contribution in [2.75, 3.05) is 37.0 Å². The zero-order valence-electron chi connectivity index (χ0n) is 17.8. The highest BCUT2D eigenvalue weighted by atomic mass is 32.2. The lowest BCUT2D eigenvalue weighted by molar-refractivity contribution is -0.145. The maximum absolute atomic E-state index is 12.7. The minimum Gasteiger partial charge on any atom is -0.456 e. The number of anilines is 2. The Hall–Kier alpha value is -4.17. The van der Waals surface area contributed by atoms with Gasteiger partial charge in [0.1, 0.15) is 29.8 Å². The van der Waals surface area contributed by atoms with Gasteiger partial charge in [-0.25, -0.2) is 8.42 Å². The van der Waals surface area contributed by atoms with Crippen LogP contribution in [0, 0.1) is 11.3 Å². The fourth-order valence-corrected chi connectivity index (χ4v) is 4.97. The lowest BCUT2D eigenvalue weighted by atomic mass is 10.2. The van der Waals surface area contributed by atoms with Crippen LogP contribution in [-0.2, 0) is 24.3 Å². The van der Waals surface area contributed by atoms with Gasteiger partial charge in [0.05, 0.1) is 16.3 Å². The number of carbonyl (C=O) groups is 2. The molecule has 2 aromatic carbocycles. The van der Waals surface area contributed by atoms with Crippen molar-refractivity contribution in [2.24, 2.45) is 4.99 Å². The molecule has 33 heavy (non-hydrogen) atoms. The van der Waals surface area contributed by atoms with Gasteiger partial charge in [-0.1, -0.05) is 24.3 Å². The highest BCUT2D eigenvalue weighted by Crippen LogP contribution is 2.40. The number of esters is 1. The van der Waals surface area contributed by atoms with E-state index < -0.39 is 34.9 Å². The third-order valence-corrected chi connectivity index (χ3v) is 6.64. The average Bonchev–Trinajstić information content (AvgIpc) is 3.22. The van der Waals surface area contributed by atoms with Gasteiger partial charge in [-0.15, -0.1) is 0 Å². The lowest BCUT2D eigenvalue weighted by Crippen LogP contribution is -2.28. The Labute approximate surface area is 190 Å². The molecule has 168 valence electrons. The van der Waals surface area contributed by atoms with Gasteiger partial charge in [-0.05, 0) is 24.3 Å². The Kier molecular flexibility index (Phi) is 5.61. The summed E-state index contributed by atoms with van der Waals surface area (Å²) in [6, 6.07) is 15.6. The fraction of sp³-hybridized carbons (Fsp3) is 0.182. The molecule has 0 fully saturated rings. The number of benzene rings is 2. The second-order valence-electron chi connectivity index (χ2n) is 7.27. The predicted molar refractivity (Wildman–Crippen MR) is 120 cm³/mol. The number of rotatable bonds is 5. The van der Waals surface area contributed by atoms with Crippen LogP contribution in [0.15, 0.2) is 69.8 Å². The standard InChI is InChI=1S/C22H19N5O5S/c1-26-16-8-4-5-9-17(16)27(2)22(26)15(11-23)18(28)13-32-20(29)12-24-21-14-7-3-6-10-19(14)33(30,31)25-21/h3-10H,12-13H2,1-2H3,(H,24,25). The van der Waals surface area contributed by atoms with Crippen LogP contribution in [0.4, 0.5) is 11.4 Å². The summed E-state index contributed by atoms with van der Waals surface area (Å²) in [5.41, 5.74) is 1.88. The first kappa shape index (κ1) is 22.0. The largest absolute Gasteiger partial charge is 0.456 e. The van der Waals surface area contributed by atoms with E-state index >= 15 is 0 Å². The van der Waals surface area contributed by atoms with Gasteiger partial charge >= 0.3 is 5.97 Å². The predicted octanol–water partition coefficient (Wildman–Crippen LogP) is 1.16. The van der Waals surface area contributed by atoms with Gasteiger partial charge in [0.25, 0.3) is 10.0 Å². The number of sulfonamides is 1. The van der Waals surface area contributed by atoms with E-state index in [0.717, 1.165) is 11.4 Å². The lowest BCUT2D eigenvalue weighted by Gasteiger charge is -2.19. The molecule has 0 unspecified atom stereocenters. The Morgan fingerprint density at radius 3 is 2.30 bits per heavy atom. The van der Waals surface area contributed by atoms with Gasteiger partial charge in [0.15, 0.2) is 6.61 Å². The van der Waals surface area contributed by atoms with Crippen molar-refractivity contribution >= 4 is 39.0 Å². The molecule has 2 aliphatic rings. The number of aliphatic imine (C=N–C) groups is 1. The number of ketones is 1. The monoisotopic (exact) mass is 465 g/mol. The van der Waals surface area contributed by atoms with E-state index in [1.54, 1.807) is 42.1 Å². The minimum absolute atomic E-state index is 0.0284. The van der Waals surface area contributed by atoms with Crippen molar-refractivity contribution in [3.8, 4) is 6.07 Å². The number of carbonyl (C=O) groups excluding carboxylic acids is 2. The molecule has 0 spiro atoms. The smallest absolute Gasteiger partial charge is 0.328 e. The Morgan fingerprint density at radius 1 is 1.06 bits per heavy atom. The van der Waals surface area contributed by atoms with E-state index in [9.17, 15) is 23.3 Å². The maximum atomic E-state index is 12.7. The zero-order valence-corrected chi connectivity index (χ0v) is 18.6. The van der Waals surface area contributed by atoms with Crippen LogP contribution in [0.2, 0.25) is 0 Å². The number of hydrogen-bond acceptors (Lipinski definition) is 9. The molecular weight excluding hydrogens is 446 g/mol. The van der Waals surface area contributed by atoms with Crippen molar-refractivity contribution in [1.29, 1.82) is 5.26 Å². The van der Waals surface area contributed by atoms with Crippen LogP contribution in [0.25, 0.3) is 0 Å². The number of ether oxygens (including phenoxy) is 1. The molecule has 0 saturated heterocycles. The molecule has 1 N–H and O–H groups in total. The molecule has 11 heteroatoms. The van der Waals surface area contributed by atoms with Crippen LogP contribution >= 0.6 is 0 Å². The molecule has 0 saturated carbocycles. The molecule has 0 amide bonds. The quantitative estimate of drug-likeness (QED) is 0.395. The summed E-state index contributed by atoms with van der Waals surface area (Å²) >= 11 is 0. The normalized spacial score (nSPS) is 16.6. The summed E-state index contributed by atoms with van der Waals surface area (Å²) in [4.78, 5) is 32.3. The zero-order chi connectivity index (χ0) is 23.8. The van der Waals surface area contributed by atoms with E-state index in [2.05, 4.69) is 9.71 Å². The van der Waals surface area contributed by atoms with Gasteiger partial charge < -0.3 is 14.5 Å². The fourth-order valence-electron chi connectivity index (χ4n) is 3.72. The number of amidine groups is 1. The van der Waals surface area contributed by atoms with Crippen LogP contribution in [0.1, 0.15) is 5.56 Å². The summed E-state index contributed by atoms with van der Waals surface area (Å²) in [6.45, 7) is -1.14. The molecule has 0 atom stereocenters. The highest BCUT2D eigenvalue weighted by Gasteiger charge is 2.32. The van der Waals surface area contributed by atoms with Crippen molar-refractivity contribution in [3.63, 3.8) is 0 Å². The van der Waals surface area contributed by atoms with Crippen LogP contribution < -0.4 is 14.5 Å². The number of nitriles is 1. The van der Waals surface area contributed by atoms with E-state index in [0.29, 0.717) is 11.4 Å². The molecule has 0 bridgehead atoms. The molecular formula is C22H19N5O5S. The SMILES string of the molecule is CN1C(=C(C#N)C(=O)COC(=O)CN=C2NS(=O)(=O)c3ccccc32)N(C)c2ccccc21. The number of fused-ring (bicyclic) bond motifs is 2. The van der Waals surface area contributed by atoms with Gasteiger partial charge in [0, 0.05) is 19.7 Å². The third-order valence-electron chi connectivity index (χ3n) is 5.25. The first-order valence-electron chi connectivity index (χ1n) is 9.81. The first-order chi connectivity index (χ1) is 15.7. The van der Waals surface area contributed by atoms with Crippen LogP contribution in [0.5, 0.6) is 0 Å². The Balaban J connectivity index is 1.44. The Bertz CT molecular complexity index is 1340. The molecule has 2 aromatic rings. The molecule has 0 aromatic heterocycles. The van der Waals surface area contributed by atoms with E-state index in [4.69, 9.17) is 4.74 Å². The van der Waals surface area contributed by atoms with Crippen molar-refractivity contribution in [1.82, 2.24) is 4.72 Å². The Morgan fingerprint density at radius 2 is 1.67 bits per heavy atom. The summed E-state index contributed by atoms with van der Waals surface area (Å²) < 4.78 is 31.5. The molecule has 0 radical (unpaired) electrons. The van der Waals surface area contributed by atoms with E-state index in [-0.39, 0.29) is 16.3 Å². The van der Waals surface area contributed by atoms with E-state index in [1.165, 1.54) is 6.07 Å². The van der Waals surface area contributed by atoms with Crippen LogP contribution in [0.3, 0.4) is 0 Å². The number of para-hydroxylation sites is 2. The maximum Gasteiger partial charge on any atom is 0.328 e. The second-order valence-corrected chi connectivity index (χ2v) is 8.92. The van der Waals surface area contributed by atoms with Gasteiger partial charge in [-0.2, -0.15) is 5.26 Å². The molecule has 2 heterocycles. The first-order valence-corrected chi connectivity index (χ1v) is 11.3. The second kappa shape index (κ2) is 8.40. The topological polar surface area (TPSA) is 132 Å². The molecule has 2 aliphatic heterocycles. The summed E-state index contributed by atoms with van der Waals surface area (Å²) in [5, 5.41) is 9.62. The summed E-state index contributed by atoms with van der Waals surface area (Å²) in [5.74, 6) is -1.08. The molecule has 0 aliphatic carbocycles. The summed E-state index contributed by atoms with van der Waals surface area (Å²) in [6.07, 6.45) is 0. The number of hydrogen-bond donors (Lipinski definition) is 1. The van der Waals surface area contributed by atoms with Crippen molar-refractivity contribution in [2.45, 2.75) is 4.90 Å². The van der Waals surface area contributed by atoms with Gasteiger partial charge in [-0.3, -0.25) is 19.3 Å². The summed E-state index contributed by atoms with van der Waals surface area (Å²) in [7, 11) is -0.242. The van der Waals surface area contributed by atoms with Crippen LogP contribution in [-0.4, -0.2) is 53.3 Å². The molecule has 10 nitrogen and oxygen atoms in total. The number of nitrogens with zero attached hydrogens (tertiary/aromatic N) is 4. The number of Topliss-reactive ketones (excluding diaryl/α,β-unsaturated/α-hetero) is 1. The van der Waals surface area contributed by atoms with E-state index in [1.807, 2.05) is 30.3 Å². The van der Waals surface area contributed by atoms with Crippen molar-refractivity contribution in [3.05, 3.63) is 65.5 Å². The highest BCUT2D eigenvalue weighted by molar-refractivity contribution is 7.90. The van der Waals surface area contributed by atoms with Gasteiger partial charge in [0.2, 0.25) is 5.78 Å². The number of nitrogens with one attached hydrogen (secondary N) is 1. The van der Waals surface area contributed by atoms with Crippen molar-refractivity contribution < 1.29 is 22.7 Å². The average molecular weight is 465 g/mol. The minimum atomic E-state index is -3.72.